The van der Waals surface area contributed by atoms with Crippen molar-refractivity contribution < 1.29 is 13.2 Å². The molecule has 20 heavy (non-hydrogen) atoms. The Morgan fingerprint density at radius 2 is 1.95 bits per heavy atom. The Kier molecular flexibility index (Phi) is 4.66. The normalized spacial score (nSPS) is 11.7. The standard InChI is InChI=1S/C12H9BrF3N3S/c13-8-2-4-10(18-6-8)20-11-7(5-17)1-3-9(19-11)12(14,15)16/h1-4,6H,5,17H2. The first-order valence-electron chi connectivity index (χ1n) is 5.47. The highest BCUT2D eigenvalue weighted by molar-refractivity contribution is 9.10. The number of pyridine rings is 2. The molecule has 8 heteroatoms. The third-order valence-corrected chi connectivity index (χ3v) is 3.82. The van der Waals surface area contributed by atoms with Crippen LogP contribution in [0.15, 0.2) is 45.0 Å². The molecule has 0 saturated heterocycles. The minimum atomic E-state index is -4.48. The van der Waals surface area contributed by atoms with Crippen molar-refractivity contribution in [2.24, 2.45) is 5.73 Å². The Balaban J connectivity index is 2.35. The van der Waals surface area contributed by atoms with Gasteiger partial charge >= 0.3 is 6.18 Å². The molecule has 0 aliphatic heterocycles. The molecular weight excluding hydrogens is 355 g/mol. The highest BCUT2D eigenvalue weighted by atomic mass is 79.9. The minimum Gasteiger partial charge on any atom is -0.326 e. The number of alkyl halides is 3. The second kappa shape index (κ2) is 6.11. The lowest BCUT2D eigenvalue weighted by molar-refractivity contribution is -0.141. The molecule has 0 aliphatic carbocycles. The second-order valence-electron chi connectivity index (χ2n) is 3.78. The molecule has 0 aromatic carbocycles. The lowest BCUT2D eigenvalue weighted by Gasteiger charge is -2.10. The van der Waals surface area contributed by atoms with Gasteiger partial charge in [0.2, 0.25) is 0 Å². The van der Waals surface area contributed by atoms with E-state index < -0.39 is 11.9 Å². The molecule has 106 valence electrons. The van der Waals surface area contributed by atoms with Crippen LogP contribution in [0.3, 0.4) is 0 Å². The fraction of sp³-hybridized carbons (Fsp3) is 0.167. The quantitative estimate of drug-likeness (QED) is 0.899. The minimum absolute atomic E-state index is 0.115. The summed E-state index contributed by atoms with van der Waals surface area (Å²) in [6.07, 6.45) is -2.91. The molecule has 2 aromatic heterocycles. The van der Waals surface area contributed by atoms with Gasteiger partial charge in [-0.05, 0) is 51.5 Å². The molecule has 0 amide bonds. The molecule has 0 radical (unpaired) electrons. The first-order valence-corrected chi connectivity index (χ1v) is 7.07. The van der Waals surface area contributed by atoms with Crippen molar-refractivity contribution in [3.8, 4) is 0 Å². The summed E-state index contributed by atoms with van der Waals surface area (Å²) in [6, 6.07) is 5.72. The van der Waals surface area contributed by atoms with Gasteiger partial charge in [-0.3, -0.25) is 0 Å². The van der Waals surface area contributed by atoms with Gasteiger partial charge in [-0.1, -0.05) is 6.07 Å². The third-order valence-electron chi connectivity index (χ3n) is 2.35. The Labute approximate surface area is 125 Å². The first-order chi connectivity index (χ1) is 9.40. The summed E-state index contributed by atoms with van der Waals surface area (Å²) >= 11 is 4.30. The van der Waals surface area contributed by atoms with E-state index in [1.807, 2.05) is 0 Å². The lowest BCUT2D eigenvalue weighted by Crippen LogP contribution is -2.10. The van der Waals surface area contributed by atoms with Crippen molar-refractivity contribution in [1.29, 1.82) is 0 Å². The molecule has 0 aliphatic rings. The number of aromatic nitrogens is 2. The Morgan fingerprint density at radius 3 is 2.50 bits per heavy atom. The fourth-order valence-corrected chi connectivity index (χ4v) is 2.49. The van der Waals surface area contributed by atoms with Crippen LogP contribution in [0.25, 0.3) is 0 Å². The van der Waals surface area contributed by atoms with E-state index in [1.54, 1.807) is 18.3 Å². The van der Waals surface area contributed by atoms with Gasteiger partial charge in [0.1, 0.15) is 15.7 Å². The van der Waals surface area contributed by atoms with Gasteiger partial charge in [0.25, 0.3) is 0 Å². The van der Waals surface area contributed by atoms with Crippen LogP contribution in [0, 0.1) is 0 Å². The predicted octanol–water partition coefficient (Wildman–Crippen LogP) is 3.87. The van der Waals surface area contributed by atoms with Crippen LogP contribution >= 0.6 is 27.7 Å². The highest BCUT2D eigenvalue weighted by Crippen LogP contribution is 2.33. The van der Waals surface area contributed by atoms with E-state index in [-0.39, 0.29) is 11.6 Å². The lowest BCUT2D eigenvalue weighted by atomic mass is 10.2. The summed E-state index contributed by atoms with van der Waals surface area (Å²) in [5.41, 5.74) is 5.14. The molecule has 0 unspecified atom stereocenters. The van der Waals surface area contributed by atoms with Gasteiger partial charge in [-0.15, -0.1) is 0 Å². The van der Waals surface area contributed by atoms with Crippen LogP contribution < -0.4 is 5.73 Å². The maximum atomic E-state index is 12.7. The smallest absolute Gasteiger partial charge is 0.326 e. The van der Waals surface area contributed by atoms with Gasteiger partial charge in [0.05, 0.1) is 0 Å². The molecule has 0 bridgehead atoms. The van der Waals surface area contributed by atoms with E-state index in [1.165, 1.54) is 6.07 Å². The summed E-state index contributed by atoms with van der Waals surface area (Å²) in [5.74, 6) is 0. The van der Waals surface area contributed by atoms with E-state index >= 15 is 0 Å². The Bertz CT molecular complexity index is 602. The van der Waals surface area contributed by atoms with Crippen molar-refractivity contribution in [3.05, 3.63) is 46.2 Å². The number of rotatable bonds is 3. The van der Waals surface area contributed by atoms with E-state index in [9.17, 15) is 13.2 Å². The highest BCUT2D eigenvalue weighted by Gasteiger charge is 2.33. The average molecular weight is 364 g/mol. The van der Waals surface area contributed by atoms with Gasteiger partial charge < -0.3 is 5.73 Å². The summed E-state index contributed by atoms with van der Waals surface area (Å²) in [6.45, 7) is 0.115. The monoisotopic (exact) mass is 363 g/mol. The molecule has 2 aromatic rings. The molecule has 2 rings (SSSR count). The maximum absolute atomic E-state index is 12.7. The van der Waals surface area contributed by atoms with Crippen molar-refractivity contribution >= 4 is 27.7 Å². The zero-order valence-corrected chi connectivity index (χ0v) is 12.4. The summed E-state index contributed by atoms with van der Waals surface area (Å²) < 4.78 is 38.8. The molecule has 3 nitrogen and oxygen atoms in total. The molecule has 2 heterocycles. The van der Waals surface area contributed by atoms with Gasteiger partial charge in [-0.25, -0.2) is 9.97 Å². The van der Waals surface area contributed by atoms with Crippen LogP contribution in [-0.2, 0) is 12.7 Å². The third kappa shape index (κ3) is 3.71. The number of halogens is 4. The van der Waals surface area contributed by atoms with E-state index in [2.05, 4.69) is 25.9 Å². The number of hydrogen-bond donors (Lipinski definition) is 1. The van der Waals surface area contributed by atoms with Gasteiger partial charge in [-0.2, -0.15) is 13.2 Å². The Hall–Kier alpha value is -1.12. The fourth-order valence-electron chi connectivity index (χ4n) is 1.39. The molecular formula is C12H9BrF3N3S. The topological polar surface area (TPSA) is 51.8 Å². The van der Waals surface area contributed by atoms with Crippen LogP contribution in [0.2, 0.25) is 0 Å². The van der Waals surface area contributed by atoms with Gasteiger partial charge in [0.15, 0.2) is 0 Å². The SMILES string of the molecule is NCc1ccc(C(F)(F)F)nc1Sc1ccc(Br)cn1. The number of hydrogen-bond acceptors (Lipinski definition) is 4. The molecule has 0 fully saturated rings. The van der Waals surface area contributed by atoms with Crippen LogP contribution in [0.5, 0.6) is 0 Å². The zero-order valence-electron chi connectivity index (χ0n) is 9.99. The molecule has 2 N–H and O–H groups in total. The summed E-state index contributed by atoms with van der Waals surface area (Å²) in [4.78, 5) is 7.73. The van der Waals surface area contributed by atoms with E-state index in [4.69, 9.17) is 5.73 Å². The number of nitrogens with zero attached hydrogens (tertiary/aromatic N) is 2. The van der Waals surface area contributed by atoms with Crippen molar-refractivity contribution in [2.75, 3.05) is 0 Å². The van der Waals surface area contributed by atoms with Gasteiger partial charge in [0, 0.05) is 17.2 Å². The summed E-state index contributed by atoms with van der Waals surface area (Å²) in [7, 11) is 0. The molecule has 0 saturated carbocycles. The number of nitrogens with two attached hydrogens (primary N) is 1. The average Bonchev–Trinajstić information content (AvgIpc) is 2.40. The van der Waals surface area contributed by atoms with Crippen LogP contribution in [-0.4, -0.2) is 9.97 Å². The van der Waals surface area contributed by atoms with Crippen LogP contribution in [0.4, 0.5) is 13.2 Å². The largest absolute Gasteiger partial charge is 0.433 e. The van der Waals surface area contributed by atoms with E-state index in [0.717, 1.165) is 22.3 Å². The second-order valence-corrected chi connectivity index (χ2v) is 5.70. The predicted molar refractivity (Wildman–Crippen MR) is 73.2 cm³/mol. The zero-order chi connectivity index (χ0) is 14.8. The molecule has 0 atom stereocenters. The first kappa shape index (κ1) is 15.3. The van der Waals surface area contributed by atoms with Crippen LogP contribution in [0.1, 0.15) is 11.3 Å². The van der Waals surface area contributed by atoms with Crippen molar-refractivity contribution in [3.63, 3.8) is 0 Å². The Morgan fingerprint density at radius 1 is 1.20 bits per heavy atom. The molecule has 0 spiro atoms. The maximum Gasteiger partial charge on any atom is 0.433 e. The van der Waals surface area contributed by atoms with E-state index in [0.29, 0.717) is 10.6 Å². The van der Waals surface area contributed by atoms with Crippen molar-refractivity contribution in [2.45, 2.75) is 22.8 Å². The summed E-state index contributed by atoms with van der Waals surface area (Å²) in [5, 5.41) is 0.770. The van der Waals surface area contributed by atoms with Crippen molar-refractivity contribution in [1.82, 2.24) is 9.97 Å².